The van der Waals surface area contributed by atoms with Crippen LogP contribution in [0.3, 0.4) is 0 Å². The summed E-state index contributed by atoms with van der Waals surface area (Å²) in [5, 5.41) is 25.8. The van der Waals surface area contributed by atoms with Crippen LogP contribution < -0.4 is 21.7 Å². The van der Waals surface area contributed by atoms with Crippen LogP contribution in [-0.2, 0) is 36.8 Å². The summed E-state index contributed by atoms with van der Waals surface area (Å²) in [5.74, 6) is -4.93. The van der Waals surface area contributed by atoms with Crippen LogP contribution in [0.4, 0.5) is 0 Å². The molecule has 2 rings (SSSR count). The average Bonchev–Trinajstić information content (AvgIpc) is 3.54. The van der Waals surface area contributed by atoms with Crippen molar-refractivity contribution in [3.05, 3.63) is 36.4 Å². The van der Waals surface area contributed by atoms with E-state index in [1.165, 1.54) is 25.0 Å². The molecule has 2 aromatic rings. The molecule has 196 valence electrons. The van der Waals surface area contributed by atoms with E-state index in [1.54, 1.807) is 0 Å². The lowest BCUT2D eigenvalue weighted by atomic mass is 10.1. The second kappa shape index (κ2) is 13.8. The Labute approximate surface area is 210 Å². The molecule has 4 atom stereocenters. The van der Waals surface area contributed by atoms with E-state index in [4.69, 9.17) is 10.8 Å². The first-order chi connectivity index (χ1) is 17.1. The van der Waals surface area contributed by atoms with Crippen LogP contribution in [0.5, 0.6) is 0 Å². The van der Waals surface area contributed by atoms with E-state index < -0.39 is 60.2 Å². The highest BCUT2D eigenvalue weighted by Gasteiger charge is 2.31. The van der Waals surface area contributed by atoms with E-state index in [0.29, 0.717) is 11.4 Å². The lowest BCUT2D eigenvalue weighted by Gasteiger charge is -2.24. The number of aromatic amines is 2. The lowest BCUT2D eigenvalue weighted by Crippen LogP contribution is -2.58. The van der Waals surface area contributed by atoms with Gasteiger partial charge in [0.25, 0.3) is 0 Å². The smallest absolute Gasteiger partial charge is 0.326 e. The molecule has 0 aromatic carbocycles. The predicted octanol–water partition coefficient (Wildman–Crippen LogP) is -2.42. The fraction of sp³-hybridized carbons (Fsp3) is 0.450. The van der Waals surface area contributed by atoms with Crippen molar-refractivity contribution in [2.75, 3.05) is 5.75 Å². The molecule has 3 amide bonds. The van der Waals surface area contributed by atoms with E-state index >= 15 is 0 Å². The molecule has 0 bridgehead atoms. The number of thiol groups is 1. The number of hydrogen-bond acceptors (Lipinski definition) is 9. The van der Waals surface area contributed by atoms with Crippen molar-refractivity contribution in [1.29, 1.82) is 0 Å². The second-order valence-corrected chi connectivity index (χ2v) is 8.17. The Kier molecular flexibility index (Phi) is 10.9. The Bertz CT molecular complexity index is 1030. The van der Waals surface area contributed by atoms with E-state index in [2.05, 4.69) is 48.5 Å². The van der Waals surface area contributed by atoms with Gasteiger partial charge in [-0.25, -0.2) is 14.8 Å². The number of nitrogens with zero attached hydrogens (tertiary/aromatic N) is 2. The van der Waals surface area contributed by atoms with Gasteiger partial charge in [0.1, 0.15) is 18.1 Å². The first-order valence-electron chi connectivity index (χ1n) is 10.8. The molecule has 2 heterocycles. The second-order valence-electron chi connectivity index (χ2n) is 7.81. The highest BCUT2D eigenvalue weighted by molar-refractivity contribution is 7.80. The SMILES string of the molecule is NC(CS)C(=O)NC(Cc1cnc[nH]1)C(=O)NC(CCC(=O)O)C(=O)NC(Cc1cnc[nH]1)C(=O)O. The van der Waals surface area contributed by atoms with Crippen molar-refractivity contribution in [2.45, 2.75) is 49.9 Å². The van der Waals surface area contributed by atoms with Crippen molar-refractivity contribution in [2.24, 2.45) is 5.73 Å². The van der Waals surface area contributed by atoms with Crippen molar-refractivity contribution in [1.82, 2.24) is 35.9 Å². The van der Waals surface area contributed by atoms with Crippen molar-refractivity contribution < 1.29 is 34.2 Å². The maximum atomic E-state index is 13.1. The minimum atomic E-state index is -1.41. The number of rotatable bonds is 15. The molecule has 9 N–H and O–H groups in total. The number of hydrogen-bond donors (Lipinski definition) is 9. The van der Waals surface area contributed by atoms with Crippen molar-refractivity contribution in [3.8, 4) is 0 Å². The average molecular weight is 525 g/mol. The third kappa shape index (κ3) is 9.03. The number of H-pyrrole nitrogens is 2. The third-order valence-corrected chi connectivity index (χ3v) is 5.41. The van der Waals surface area contributed by atoms with Gasteiger partial charge in [-0.2, -0.15) is 12.6 Å². The molecule has 2 aromatic heterocycles. The van der Waals surface area contributed by atoms with E-state index in [-0.39, 0.29) is 25.0 Å². The number of nitrogens with two attached hydrogens (primary N) is 1. The molecular weight excluding hydrogens is 496 g/mol. The summed E-state index contributed by atoms with van der Waals surface area (Å²) in [6.07, 6.45) is 4.57. The van der Waals surface area contributed by atoms with Gasteiger partial charge in [-0.1, -0.05) is 0 Å². The van der Waals surface area contributed by atoms with Crippen molar-refractivity contribution in [3.63, 3.8) is 0 Å². The minimum Gasteiger partial charge on any atom is -0.481 e. The molecule has 0 radical (unpaired) electrons. The van der Waals surface area contributed by atoms with Gasteiger partial charge < -0.3 is 41.9 Å². The first kappa shape index (κ1) is 28.3. The number of carboxylic acids is 2. The largest absolute Gasteiger partial charge is 0.481 e. The van der Waals surface area contributed by atoms with Gasteiger partial charge in [0.05, 0.1) is 18.7 Å². The molecule has 0 aliphatic carbocycles. The first-order valence-corrected chi connectivity index (χ1v) is 11.4. The Morgan fingerprint density at radius 3 is 1.83 bits per heavy atom. The topological polar surface area (TPSA) is 245 Å². The predicted molar refractivity (Wildman–Crippen MR) is 127 cm³/mol. The summed E-state index contributed by atoms with van der Waals surface area (Å²) >= 11 is 3.96. The number of carboxylic acid groups (broad SMARTS) is 2. The van der Waals surface area contributed by atoms with Crippen LogP contribution in [0.2, 0.25) is 0 Å². The van der Waals surface area contributed by atoms with Crippen LogP contribution in [0.1, 0.15) is 24.2 Å². The summed E-state index contributed by atoms with van der Waals surface area (Å²) in [6, 6.07) is -4.99. The van der Waals surface area contributed by atoms with Crippen LogP contribution >= 0.6 is 12.6 Å². The molecule has 0 aliphatic heterocycles. The van der Waals surface area contributed by atoms with Gasteiger partial charge in [0.2, 0.25) is 17.7 Å². The highest BCUT2D eigenvalue weighted by atomic mass is 32.1. The van der Waals surface area contributed by atoms with Crippen LogP contribution in [0, 0.1) is 0 Å². The summed E-state index contributed by atoms with van der Waals surface area (Å²) in [4.78, 5) is 74.2. The van der Waals surface area contributed by atoms with Gasteiger partial charge in [-0.15, -0.1) is 0 Å². The van der Waals surface area contributed by atoms with Gasteiger partial charge in [-0.05, 0) is 6.42 Å². The van der Waals surface area contributed by atoms with Gasteiger partial charge in [0, 0.05) is 48.8 Å². The Morgan fingerprint density at radius 1 is 0.861 bits per heavy atom. The van der Waals surface area contributed by atoms with E-state index in [9.17, 15) is 29.1 Å². The van der Waals surface area contributed by atoms with Gasteiger partial charge in [0.15, 0.2) is 0 Å². The summed E-state index contributed by atoms with van der Waals surface area (Å²) < 4.78 is 0. The summed E-state index contributed by atoms with van der Waals surface area (Å²) in [7, 11) is 0. The zero-order valence-corrected chi connectivity index (χ0v) is 19.9. The monoisotopic (exact) mass is 524 g/mol. The maximum Gasteiger partial charge on any atom is 0.326 e. The molecule has 0 fully saturated rings. The van der Waals surface area contributed by atoms with E-state index in [0.717, 1.165) is 0 Å². The molecule has 0 aliphatic rings. The number of aromatic nitrogens is 4. The van der Waals surface area contributed by atoms with Gasteiger partial charge >= 0.3 is 11.9 Å². The quantitative estimate of drug-likeness (QED) is 0.112. The molecule has 15 nitrogen and oxygen atoms in total. The molecule has 0 saturated carbocycles. The minimum absolute atomic E-state index is 0.0147. The normalized spacial score (nSPS) is 14.2. The molecule has 16 heteroatoms. The van der Waals surface area contributed by atoms with Crippen LogP contribution in [0.25, 0.3) is 0 Å². The number of aliphatic carboxylic acids is 2. The fourth-order valence-electron chi connectivity index (χ4n) is 3.08. The van der Waals surface area contributed by atoms with E-state index in [1.807, 2.05) is 0 Å². The zero-order chi connectivity index (χ0) is 26.7. The highest BCUT2D eigenvalue weighted by Crippen LogP contribution is 2.06. The number of carbonyl (C=O) groups is 5. The number of nitrogens with one attached hydrogen (secondary N) is 5. The number of amides is 3. The maximum absolute atomic E-state index is 13.1. The van der Waals surface area contributed by atoms with Crippen LogP contribution in [-0.4, -0.2) is 89.7 Å². The standard InChI is InChI=1S/C20H28N8O7S/c21-12(7-36)17(31)27-14(3-10-5-22-8-24-10)19(33)26-13(1-2-16(29)30)18(32)28-15(20(34)35)4-11-6-23-9-25-11/h5-6,8-9,12-15,36H,1-4,7,21H2,(H,22,24)(H,23,25)(H,26,33)(H,27,31)(H,28,32)(H,29,30)(H,34,35). The molecule has 36 heavy (non-hydrogen) atoms. The van der Waals surface area contributed by atoms with Crippen molar-refractivity contribution >= 4 is 42.3 Å². The Hall–Kier alpha value is -3.92. The summed E-state index contributed by atoms with van der Waals surface area (Å²) in [6.45, 7) is 0. The molecule has 4 unspecified atom stereocenters. The third-order valence-electron chi connectivity index (χ3n) is 5.02. The molecule has 0 spiro atoms. The van der Waals surface area contributed by atoms with Gasteiger partial charge in [-0.3, -0.25) is 19.2 Å². The van der Waals surface area contributed by atoms with Crippen LogP contribution in [0.15, 0.2) is 25.0 Å². The molecule has 0 saturated heterocycles. The molecular formula is C20H28N8O7S. The zero-order valence-electron chi connectivity index (χ0n) is 19.0. The Balaban J connectivity index is 2.18. The number of carbonyl (C=O) groups excluding carboxylic acids is 3. The lowest BCUT2D eigenvalue weighted by molar-refractivity contribution is -0.143. The summed E-state index contributed by atoms with van der Waals surface area (Å²) in [5.41, 5.74) is 6.61. The number of imidazole rings is 2. The Morgan fingerprint density at radius 2 is 1.36 bits per heavy atom. The fourth-order valence-corrected chi connectivity index (χ4v) is 3.25.